The topological polar surface area (TPSA) is 50.9 Å². The number of hydrogen-bond donors (Lipinski definition) is 1. The van der Waals surface area contributed by atoms with Crippen LogP contribution >= 0.6 is 11.6 Å². The van der Waals surface area contributed by atoms with E-state index in [0.717, 1.165) is 18.0 Å². The van der Waals surface area contributed by atoms with Gasteiger partial charge >= 0.3 is 0 Å². The molecule has 1 atom stereocenters. The van der Waals surface area contributed by atoms with Crippen LogP contribution in [0.2, 0.25) is 5.15 Å². The minimum absolute atomic E-state index is 0.333. The molecule has 3 rings (SSSR count). The number of halogens is 1. The summed E-state index contributed by atoms with van der Waals surface area (Å²) in [5, 5.41) is 14.9. The Bertz CT molecular complexity index is 551. The summed E-state index contributed by atoms with van der Waals surface area (Å²) in [4.78, 5) is 3.97. The van der Waals surface area contributed by atoms with Crippen molar-refractivity contribution in [2.24, 2.45) is 5.92 Å². The molecule has 0 bridgehead atoms. The SMILES string of the molecule is OC(c1cnn(CC2CC2)c1)c1cccnc1Cl. The third-order valence-electron chi connectivity index (χ3n) is 3.19. The normalized spacial score (nSPS) is 16.8. The number of aromatic nitrogens is 3. The van der Waals surface area contributed by atoms with Crippen molar-refractivity contribution in [1.82, 2.24) is 14.8 Å². The van der Waals surface area contributed by atoms with Gasteiger partial charge in [0.25, 0.3) is 0 Å². The number of nitrogens with zero attached hydrogens (tertiary/aromatic N) is 3. The van der Waals surface area contributed by atoms with E-state index in [1.165, 1.54) is 12.8 Å². The minimum atomic E-state index is -0.765. The lowest BCUT2D eigenvalue weighted by Gasteiger charge is -2.09. The van der Waals surface area contributed by atoms with Gasteiger partial charge in [0.15, 0.2) is 0 Å². The molecular formula is C13H14ClN3O. The molecule has 1 aliphatic rings. The highest BCUT2D eigenvalue weighted by Gasteiger charge is 2.23. The predicted octanol–water partition coefficient (Wildman–Crippen LogP) is 2.42. The average Bonchev–Trinajstić information content (AvgIpc) is 3.05. The first-order valence-electron chi connectivity index (χ1n) is 6.05. The van der Waals surface area contributed by atoms with Gasteiger partial charge in [-0.2, -0.15) is 5.10 Å². The maximum atomic E-state index is 10.3. The summed E-state index contributed by atoms with van der Waals surface area (Å²) in [5.41, 5.74) is 1.37. The van der Waals surface area contributed by atoms with E-state index in [9.17, 15) is 5.11 Å². The zero-order valence-electron chi connectivity index (χ0n) is 9.83. The van der Waals surface area contributed by atoms with Crippen LogP contribution in [0.4, 0.5) is 0 Å². The second-order valence-electron chi connectivity index (χ2n) is 4.73. The van der Waals surface area contributed by atoms with Crippen LogP contribution in [0, 0.1) is 5.92 Å². The molecule has 94 valence electrons. The first kappa shape index (κ1) is 11.7. The van der Waals surface area contributed by atoms with Crippen LogP contribution in [0.15, 0.2) is 30.7 Å². The van der Waals surface area contributed by atoms with Gasteiger partial charge in [-0.25, -0.2) is 4.98 Å². The van der Waals surface area contributed by atoms with Crippen LogP contribution in [0.25, 0.3) is 0 Å². The van der Waals surface area contributed by atoms with Crippen molar-refractivity contribution in [1.29, 1.82) is 0 Å². The second-order valence-corrected chi connectivity index (χ2v) is 5.08. The van der Waals surface area contributed by atoms with Crippen molar-refractivity contribution < 1.29 is 5.11 Å². The van der Waals surface area contributed by atoms with Crippen molar-refractivity contribution >= 4 is 11.6 Å². The molecule has 1 fully saturated rings. The van der Waals surface area contributed by atoms with Crippen LogP contribution in [0.1, 0.15) is 30.1 Å². The molecule has 1 saturated carbocycles. The van der Waals surface area contributed by atoms with E-state index in [1.807, 2.05) is 10.9 Å². The molecule has 0 saturated heterocycles. The fourth-order valence-electron chi connectivity index (χ4n) is 1.97. The molecule has 0 aliphatic heterocycles. The molecule has 1 aliphatic carbocycles. The van der Waals surface area contributed by atoms with Crippen LogP contribution < -0.4 is 0 Å². The zero-order chi connectivity index (χ0) is 12.5. The van der Waals surface area contributed by atoms with E-state index < -0.39 is 6.10 Å². The molecule has 1 unspecified atom stereocenters. The summed E-state index contributed by atoms with van der Waals surface area (Å²) < 4.78 is 1.89. The van der Waals surface area contributed by atoms with Gasteiger partial charge in [0.2, 0.25) is 0 Å². The molecule has 0 spiro atoms. The summed E-state index contributed by atoms with van der Waals surface area (Å²) in [6.45, 7) is 0.938. The predicted molar refractivity (Wildman–Crippen MR) is 68.3 cm³/mol. The van der Waals surface area contributed by atoms with Crippen molar-refractivity contribution in [3.63, 3.8) is 0 Å². The molecular weight excluding hydrogens is 250 g/mol. The van der Waals surface area contributed by atoms with Crippen LogP contribution in [-0.2, 0) is 6.54 Å². The Morgan fingerprint density at radius 1 is 1.50 bits per heavy atom. The fourth-order valence-corrected chi connectivity index (χ4v) is 2.19. The third-order valence-corrected chi connectivity index (χ3v) is 3.51. The molecule has 1 N–H and O–H groups in total. The Labute approximate surface area is 110 Å². The summed E-state index contributed by atoms with van der Waals surface area (Å²) in [6, 6.07) is 3.54. The Hall–Kier alpha value is -1.39. The Morgan fingerprint density at radius 3 is 3.06 bits per heavy atom. The van der Waals surface area contributed by atoms with Crippen molar-refractivity contribution in [3.05, 3.63) is 47.0 Å². The van der Waals surface area contributed by atoms with Gasteiger partial charge in [-0.3, -0.25) is 4.68 Å². The van der Waals surface area contributed by atoms with E-state index in [2.05, 4.69) is 10.1 Å². The third kappa shape index (κ3) is 2.40. The van der Waals surface area contributed by atoms with Gasteiger partial charge in [0.1, 0.15) is 11.3 Å². The minimum Gasteiger partial charge on any atom is -0.383 e. The summed E-state index contributed by atoms with van der Waals surface area (Å²) in [5.74, 6) is 0.761. The van der Waals surface area contributed by atoms with E-state index in [0.29, 0.717) is 10.7 Å². The average molecular weight is 264 g/mol. The largest absolute Gasteiger partial charge is 0.383 e. The standard InChI is InChI=1S/C13H14ClN3O/c14-13-11(2-1-5-15-13)12(18)10-6-16-17(8-10)7-9-3-4-9/h1-2,5-6,8-9,12,18H,3-4,7H2. The molecule has 0 radical (unpaired) electrons. The lowest BCUT2D eigenvalue weighted by molar-refractivity contribution is 0.220. The monoisotopic (exact) mass is 263 g/mol. The number of aliphatic hydroxyl groups is 1. The van der Waals surface area contributed by atoms with E-state index >= 15 is 0 Å². The van der Waals surface area contributed by atoms with Gasteiger partial charge < -0.3 is 5.11 Å². The van der Waals surface area contributed by atoms with Crippen LogP contribution in [0.3, 0.4) is 0 Å². The summed E-state index contributed by atoms with van der Waals surface area (Å²) >= 11 is 5.97. The van der Waals surface area contributed by atoms with E-state index in [4.69, 9.17) is 11.6 Å². The first-order chi connectivity index (χ1) is 8.74. The molecule has 0 amide bonds. The highest BCUT2D eigenvalue weighted by Crippen LogP contribution is 2.31. The molecule has 4 nitrogen and oxygen atoms in total. The lowest BCUT2D eigenvalue weighted by atomic mass is 10.1. The number of pyridine rings is 1. The summed E-state index contributed by atoms with van der Waals surface area (Å²) in [7, 11) is 0. The quantitative estimate of drug-likeness (QED) is 0.862. The molecule has 2 aromatic heterocycles. The first-order valence-corrected chi connectivity index (χ1v) is 6.42. The molecule has 2 aromatic rings. The van der Waals surface area contributed by atoms with Crippen molar-refractivity contribution in [3.8, 4) is 0 Å². The smallest absolute Gasteiger partial charge is 0.135 e. The lowest BCUT2D eigenvalue weighted by Crippen LogP contribution is -2.02. The van der Waals surface area contributed by atoms with Gasteiger partial charge in [0, 0.05) is 30.1 Å². The van der Waals surface area contributed by atoms with Crippen molar-refractivity contribution in [2.45, 2.75) is 25.5 Å². The maximum absolute atomic E-state index is 10.3. The number of rotatable bonds is 4. The van der Waals surface area contributed by atoms with E-state index in [-0.39, 0.29) is 0 Å². The van der Waals surface area contributed by atoms with Gasteiger partial charge in [-0.1, -0.05) is 17.7 Å². The molecule has 2 heterocycles. The maximum Gasteiger partial charge on any atom is 0.135 e. The molecule has 18 heavy (non-hydrogen) atoms. The van der Waals surface area contributed by atoms with Crippen LogP contribution in [-0.4, -0.2) is 19.9 Å². The highest BCUT2D eigenvalue weighted by molar-refractivity contribution is 6.30. The Morgan fingerprint density at radius 2 is 2.33 bits per heavy atom. The molecule has 5 heteroatoms. The van der Waals surface area contributed by atoms with Crippen molar-refractivity contribution in [2.75, 3.05) is 0 Å². The fraction of sp³-hybridized carbons (Fsp3) is 0.385. The zero-order valence-corrected chi connectivity index (χ0v) is 10.6. The number of aliphatic hydroxyl groups excluding tert-OH is 1. The summed E-state index contributed by atoms with van der Waals surface area (Å²) in [6.07, 6.45) is 6.98. The van der Waals surface area contributed by atoms with E-state index in [1.54, 1.807) is 24.5 Å². The Kier molecular flexibility index (Phi) is 3.06. The Balaban J connectivity index is 1.80. The number of hydrogen-bond acceptors (Lipinski definition) is 3. The van der Waals surface area contributed by atoms with Crippen LogP contribution in [0.5, 0.6) is 0 Å². The molecule has 0 aromatic carbocycles. The second kappa shape index (κ2) is 4.71. The van der Waals surface area contributed by atoms with Gasteiger partial charge in [-0.15, -0.1) is 0 Å². The van der Waals surface area contributed by atoms with Gasteiger partial charge in [-0.05, 0) is 24.8 Å². The van der Waals surface area contributed by atoms with Gasteiger partial charge in [0.05, 0.1) is 6.20 Å². The highest BCUT2D eigenvalue weighted by atomic mass is 35.5.